The molecule has 4 heteroatoms. The predicted molar refractivity (Wildman–Crippen MR) is 97.3 cm³/mol. The molecule has 2 aliphatic rings. The van der Waals surface area contributed by atoms with Crippen LogP contribution in [0.1, 0.15) is 56.1 Å². The van der Waals surface area contributed by atoms with Crippen molar-refractivity contribution in [3.63, 3.8) is 0 Å². The molecule has 0 spiro atoms. The third kappa shape index (κ3) is 3.89. The number of likely N-dealkylation sites (tertiary alicyclic amines) is 1. The Morgan fingerprint density at radius 3 is 2.61 bits per heavy atom. The number of carbonyl (C=O) groups is 1. The fourth-order valence-corrected chi connectivity index (χ4v) is 3.75. The number of nitrogens with one attached hydrogen (secondary N) is 1. The molecule has 0 radical (unpaired) electrons. The topological polar surface area (TPSA) is 32.3 Å². The van der Waals surface area contributed by atoms with Crippen molar-refractivity contribution in [2.45, 2.75) is 51.0 Å². The Morgan fingerprint density at radius 2 is 2.00 bits per heavy atom. The second kappa shape index (κ2) is 7.67. The van der Waals surface area contributed by atoms with Crippen LogP contribution >= 0.6 is 12.4 Å². The number of carbonyl (C=O) groups excluding carboxylic acids is 1. The lowest BCUT2D eigenvalue weighted by Crippen LogP contribution is -2.41. The molecular formula is C19H29ClN2O. The Hall–Kier alpha value is -1.06. The molecular weight excluding hydrogens is 308 g/mol. The van der Waals surface area contributed by atoms with Crippen molar-refractivity contribution in [1.82, 2.24) is 10.2 Å². The van der Waals surface area contributed by atoms with E-state index in [9.17, 15) is 4.79 Å². The minimum absolute atomic E-state index is 0. The van der Waals surface area contributed by atoms with Crippen LogP contribution in [-0.4, -0.2) is 37.0 Å². The van der Waals surface area contributed by atoms with Crippen LogP contribution < -0.4 is 5.32 Å². The van der Waals surface area contributed by atoms with Crippen molar-refractivity contribution in [1.29, 1.82) is 0 Å². The van der Waals surface area contributed by atoms with Gasteiger partial charge in [-0.05, 0) is 49.3 Å². The molecule has 1 aromatic carbocycles. The molecule has 2 fully saturated rings. The van der Waals surface area contributed by atoms with Crippen molar-refractivity contribution in [2.24, 2.45) is 5.92 Å². The first-order valence-electron chi connectivity index (χ1n) is 8.66. The van der Waals surface area contributed by atoms with E-state index < -0.39 is 0 Å². The second-order valence-corrected chi connectivity index (χ2v) is 7.16. The number of nitrogens with zero attached hydrogens (tertiary/aromatic N) is 1. The summed E-state index contributed by atoms with van der Waals surface area (Å²) in [6.45, 7) is 6.30. The minimum Gasteiger partial charge on any atom is -0.338 e. The highest BCUT2D eigenvalue weighted by molar-refractivity contribution is 5.85. The van der Waals surface area contributed by atoms with Crippen molar-refractivity contribution in [3.05, 3.63) is 35.4 Å². The maximum Gasteiger partial charge on any atom is 0.226 e. The standard InChI is InChI=1S/C19H28N2O.ClH/c1-13(2)14-6-8-15(9-7-14)17-11-18(17)19(22)21-10-4-5-16(21)12-20-3;/h6-9,13,16-18,20H,4-5,10-12H2,1-3H3;1H. The van der Waals surface area contributed by atoms with Gasteiger partial charge in [0.05, 0.1) is 0 Å². The fourth-order valence-electron chi connectivity index (χ4n) is 3.75. The monoisotopic (exact) mass is 336 g/mol. The predicted octanol–water partition coefficient (Wildman–Crippen LogP) is 3.55. The van der Waals surface area contributed by atoms with E-state index in [-0.39, 0.29) is 18.3 Å². The lowest BCUT2D eigenvalue weighted by atomic mass is 10.00. The van der Waals surface area contributed by atoms with Gasteiger partial charge in [-0.15, -0.1) is 12.4 Å². The van der Waals surface area contributed by atoms with E-state index in [0.717, 1.165) is 32.4 Å². The van der Waals surface area contributed by atoms with Crippen LogP contribution in [0.2, 0.25) is 0 Å². The van der Waals surface area contributed by atoms with E-state index in [2.05, 4.69) is 48.3 Å². The van der Waals surface area contributed by atoms with Crippen LogP contribution in [0.5, 0.6) is 0 Å². The molecule has 3 nitrogen and oxygen atoms in total. The molecule has 1 amide bonds. The molecule has 1 N–H and O–H groups in total. The number of likely N-dealkylation sites (N-methyl/N-ethyl adjacent to an activating group) is 1. The quantitative estimate of drug-likeness (QED) is 0.891. The van der Waals surface area contributed by atoms with Gasteiger partial charge in [0.1, 0.15) is 0 Å². The Bertz CT molecular complexity index is 529. The first-order valence-corrected chi connectivity index (χ1v) is 8.66. The Kier molecular flexibility index (Phi) is 6.10. The molecule has 1 saturated heterocycles. The highest BCUT2D eigenvalue weighted by Gasteiger charge is 2.47. The molecule has 0 aromatic heterocycles. The van der Waals surface area contributed by atoms with Gasteiger partial charge in [-0.1, -0.05) is 38.1 Å². The molecule has 23 heavy (non-hydrogen) atoms. The zero-order valence-electron chi connectivity index (χ0n) is 14.4. The zero-order chi connectivity index (χ0) is 15.7. The molecule has 3 atom stereocenters. The smallest absolute Gasteiger partial charge is 0.226 e. The van der Waals surface area contributed by atoms with Crippen LogP contribution in [-0.2, 0) is 4.79 Å². The first kappa shape index (κ1) is 18.3. The first-order chi connectivity index (χ1) is 10.6. The summed E-state index contributed by atoms with van der Waals surface area (Å²) in [7, 11) is 1.97. The second-order valence-electron chi connectivity index (χ2n) is 7.16. The molecule has 1 heterocycles. The Morgan fingerprint density at radius 1 is 1.30 bits per heavy atom. The maximum absolute atomic E-state index is 12.7. The van der Waals surface area contributed by atoms with Gasteiger partial charge in [0.2, 0.25) is 5.91 Å². The van der Waals surface area contributed by atoms with E-state index in [1.165, 1.54) is 11.1 Å². The number of hydrogen-bond acceptors (Lipinski definition) is 2. The SMILES string of the molecule is CNCC1CCCN1C(=O)C1CC1c1ccc(C(C)C)cc1.Cl. The molecule has 1 aliphatic heterocycles. The summed E-state index contributed by atoms with van der Waals surface area (Å²) in [4.78, 5) is 14.9. The molecule has 1 aliphatic carbocycles. The Labute approximate surface area is 146 Å². The summed E-state index contributed by atoms with van der Waals surface area (Å²) in [6, 6.07) is 9.30. The lowest BCUT2D eigenvalue weighted by Gasteiger charge is -2.24. The van der Waals surface area contributed by atoms with Gasteiger partial charge in [-0.3, -0.25) is 4.79 Å². The third-order valence-corrected chi connectivity index (χ3v) is 5.24. The van der Waals surface area contributed by atoms with Crippen LogP contribution in [0.15, 0.2) is 24.3 Å². The van der Waals surface area contributed by atoms with Gasteiger partial charge in [0, 0.05) is 25.0 Å². The van der Waals surface area contributed by atoms with E-state index in [4.69, 9.17) is 0 Å². The lowest BCUT2D eigenvalue weighted by molar-refractivity contribution is -0.133. The number of benzene rings is 1. The molecule has 3 rings (SSSR count). The van der Waals surface area contributed by atoms with E-state index >= 15 is 0 Å². The molecule has 1 saturated carbocycles. The number of hydrogen-bond donors (Lipinski definition) is 1. The zero-order valence-corrected chi connectivity index (χ0v) is 15.2. The van der Waals surface area contributed by atoms with Crippen molar-refractivity contribution < 1.29 is 4.79 Å². The highest BCUT2D eigenvalue weighted by atomic mass is 35.5. The van der Waals surface area contributed by atoms with Crippen LogP contribution in [0, 0.1) is 5.92 Å². The molecule has 3 unspecified atom stereocenters. The summed E-state index contributed by atoms with van der Waals surface area (Å²) < 4.78 is 0. The average molecular weight is 337 g/mol. The summed E-state index contributed by atoms with van der Waals surface area (Å²) in [5, 5.41) is 3.22. The summed E-state index contributed by atoms with van der Waals surface area (Å²) in [5.41, 5.74) is 2.72. The van der Waals surface area contributed by atoms with Crippen molar-refractivity contribution >= 4 is 18.3 Å². The summed E-state index contributed by atoms with van der Waals surface area (Å²) >= 11 is 0. The van der Waals surface area contributed by atoms with E-state index in [1.807, 2.05) is 7.05 Å². The van der Waals surface area contributed by atoms with Crippen molar-refractivity contribution in [2.75, 3.05) is 20.1 Å². The Balaban J connectivity index is 0.00000192. The maximum atomic E-state index is 12.7. The highest BCUT2D eigenvalue weighted by Crippen LogP contribution is 2.49. The fraction of sp³-hybridized carbons (Fsp3) is 0.632. The van der Waals surface area contributed by atoms with E-state index in [1.54, 1.807) is 0 Å². The van der Waals surface area contributed by atoms with Crippen molar-refractivity contribution in [3.8, 4) is 0 Å². The summed E-state index contributed by atoms with van der Waals surface area (Å²) in [5.74, 6) is 1.63. The normalized spacial score (nSPS) is 26.3. The molecule has 1 aromatic rings. The average Bonchev–Trinajstić information content (AvgIpc) is 3.19. The largest absolute Gasteiger partial charge is 0.338 e. The van der Waals surface area contributed by atoms with Crippen LogP contribution in [0.25, 0.3) is 0 Å². The van der Waals surface area contributed by atoms with Gasteiger partial charge in [0.15, 0.2) is 0 Å². The van der Waals surface area contributed by atoms with Gasteiger partial charge >= 0.3 is 0 Å². The minimum atomic E-state index is 0. The van der Waals surface area contributed by atoms with Crippen LogP contribution in [0.3, 0.4) is 0 Å². The molecule has 0 bridgehead atoms. The number of rotatable bonds is 5. The van der Waals surface area contributed by atoms with Gasteiger partial charge in [-0.25, -0.2) is 0 Å². The number of halogens is 1. The van der Waals surface area contributed by atoms with Gasteiger partial charge < -0.3 is 10.2 Å². The van der Waals surface area contributed by atoms with Gasteiger partial charge in [-0.2, -0.15) is 0 Å². The summed E-state index contributed by atoms with van der Waals surface area (Å²) in [6.07, 6.45) is 3.33. The number of amides is 1. The van der Waals surface area contributed by atoms with E-state index in [0.29, 0.717) is 23.8 Å². The van der Waals surface area contributed by atoms with Gasteiger partial charge in [0.25, 0.3) is 0 Å². The molecule has 128 valence electrons. The van der Waals surface area contributed by atoms with Crippen LogP contribution in [0.4, 0.5) is 0 Å². The third-order valence-electron chi connectivity index (χ3n) is 5.24.